The van der Waals surface area contributed by atoms with Gasteiger partial charge in [0.1, 0.15) is 23.8 Å². The van der Waals surface area contributed by atoms with Crippen molar-refractivity contribution in [2.75, 3.05) is 24.3 Å². The van der Waals surface area contributed by atoms with Gasteiger partial charge in [-0.3, -0.25) is 9.59 Å². The number of nitrogens with one attached hydrogen (secondary N) is 2. The van der Waals surface area contributed by atoms with Crippen molar-refractivity contribution < 1.29 is 18.7 Å². The highest BCUT2D eigenvalue weighted by atomic mass is 32.1. The van der Waals surface area contributed by atoms with Gasteiger partial charge >= 0.3 is 0 Å². The first-order valence-electron chi connectivity index (χ1n) is 10.8. The maximum Gasteiger partial charge on any atom is 0.274 e. The van der Waals surface area contributed by atoms with Crippen LogP contribution in [0.15, 0.2) is 84.2 Å². The van der Waals surface area contributed by atoms with Crippen molar-refractivity contribution in [3.63, 3.8) is 0 Å². The Balaban J connectivity index is 1.50. The molecule has 4 rings (SSSR count). The SMILES string of the molecule is COc1ccccc1Nc1nc(C(=O)N(CC(=O)Nc2ccc(F)cc2)Cc2ccccc2)cs1. The maximum absolute atomic E-state index is 13.4. The Morgan fingerprint density at radius 2 is 1.71 bits per heavy atom. The number of amides is 2. The summed E-state index contributed by atoms with van der Waals surface area (Å²) in [5.74, 6) is -0.528. The molecule has 0 unspecified atom stereocenters. The maximum atomic E-state index is 13.4. The lowest BCUT2D eigenvalue weighted by molar-refractivity contribution is -0.117. The number of methoxy groups -OCH3 is 1. The average Bonchev–Trinajstić information content (AvgIpc) is 3.34. The molecule has 9 heteroatoms. The van der Waals surface area contributed by atoms with Gasteiger partial charge in [-0.25, -0.2) is 9.37 Å². The number of ether oxygens (including phenoxy) is 1. The van der Waals surface area contributed by atoms with Gasteiger partial charge in [0.05, 0.1) is 12.8 Å². The lowest BCUT2D eigenvalue weighted by Gasteiger charge is -2.21. The van der Waals surface area contributed by atoms with E-state index in [0.29, 0.717) is 16.6 Å². The highest BCUT2D eigenvalue weighted by molar-refractivity contribution is 7.14. The monoisotopic (exact) mass is 490 g/mol. The van der Waals surface area contributed by atoms with Gasteiger partial charge < -0.3 is 20.3 Å². The lowest BCUT2D eigenvalue weighted by atomic mass is 10.2. The van der Waals surface area contributed by atoms with Crippen LogP contribution in [0.3, 0.4) is 0 Å². The van der Waals surface area contributed by atoms with Crippen LogP contribution in [0.2, 0.25) is 0 Å². The van der Waals surface area contributed by atoms with Crippen LogP contribution in [0, 0.1) is 5.82 Å². The van der Waals surface area contributed by atoms with E-state index in [2.05, 4.69) is 15.6 Å². The zero-order valence-corrected chi connectivity index (χ0v) is 19.7. The molecule has 0 aliphatic rings. The van der Waals surface area contributed by atoms with E-state index < -0.39 is 11.7 Å². The number of para-hydroxylation sites is 2. The molecule has 1 aromatic heterocycles. The third kappa shape index (κ3) is 6.42. The Bertz CT molecular complexity index is 1300. The van der Waals surface area contributed by atoms with Crippen molar-refractivity contribution in [3.8, 4) is 5.75 Å². The number of carbonyl (C=O) groups excluding carboxylic acids is 2. The van der Waals surface area contributed by atoms with Crippen molar-refractivity contribution in [1.82, 2.24) is 9.88 Å². The third-order valence-corrected chi connectivity index (χ3v) is 5.80. The van der Waals surface area contributed by atoms with Gasteiger partial charge in [-0.15, -0.1) is 11.3 Å². The van der Waals surface area contributed by atoms with Crippen molar-refractivity contribution in [1.29, 1.82) is 0 Å². The zero-order chi connectivity index (χ0) is 24.6. The Morgan fingerprint density at radius 1 is 1.00 bits per heavy atom. The summed E-state index contributed by atoms with van der Waals surface area (Å²) >= 11 is 1.28. The highest BCUT2D eigenvalue weighted by Crippen LogP contribution is 2.29. The Labute approximate surface area is 206 Å². The number of nitrogens with zero attached hydrogens (tertiary/aromatic N) is 2. The van der Waals surface area contributed by atoms with Gasteiger partial charge in [0, 0.05) is 17.6 Å². The van der Waals surface area contributed by atoms with E-state index in [1.165, 1.54) is 40.5 Å². The number of carbonyl (C=O) groups is 2. The number of hydrogen-bond acceptors (Lipinski definition) is 6. The van der Waals surface area contributed by atoms with Crippen LogP contribution in [-0.4, -0.2) is 35.4 Å². The molecule has 0 spiro atoms. The number of rotatable bonds is 9. The number of benzene rings is 3. The summed E-state index contributed by atoms with van der Waals surface area (Å²) in [6.45, 7) is 0.0290. The topological polar surface area (TPSA) is 83.6 Å². The summed E-state index contributed by atoms with van der Waals surface area (Å²) in [6.07, 6.45) is 0. The molecule has 0 aliphatic heterocycles. The van der Waals surface area contributed by atoms with Crippen molar-refractivity contribution in [3.05, 3.63) is 101 Å². The minimum Gasteiger partial charge on any atom is -0.495 e. The molecule has 178 valence electrons. The van der Waals surface area contributed by atoms with E-state index in [9.17, 15) is 14.0 Å². The fourth-order valence-electron chi connectivity index (χ4n) is 3.36. The summed E-state index contributed by atoms with van der Waals surface area (Å²) in [7, 11) is 1.58. The van der Waals surface area contributed by atoms with E-state index >= 15 is 0 Å². The minimum atomic E-state index is -0.400. The van der Waals surface area contributed by atoms with Gasteiger partial charge in [0.2, 0.25) is 5.91 Å². The van der Waals surface area contributed by atoms with Crippen molar-refractivity contribution in [2.45, 2.75) is 6.54 Å². The smallest absolute Gasteiger partial charge is 0.274 e. The Kier molecular flexibility index (Phi) is 7.69. The summed E-state index contributed by atoms with van der Waals surface area (Å²) in [5, 5.41) is 8.04. The zero-order valence-electron chi connectivity index (χ0n) is 18.9. The lowest BCUT2D eigenvalue weighted by Crippen LogP contribution is -2.37. The van der Waals surface area contributed by atoms with E-state index in [-0.39, 0.29) is 24.7 Å². The standard InChI is InChI=1S/C26H23FN4O3S/c1-34-23-10-6-5-9-21(23)29-26-30-22(17-35-26)25(33)31(15-18-7-3-2-4-8-18)16-24(32)28-20-13-11-19(27)12-14-20/h2-14,17H,15-16H2,1H3,(H,28,32)(H,29,30). The van der Waals surface area contributed by atoms with E-state index in [0.717, 1.165) is 11.3 Å². The van der Waals surface area contributed by atoms with Crippen LogP contribution < -0.4 is 15.4 Å². The van der Waals surface area contributed by atoms with Crippen LogP contribution in [-0.2, 0) is 11.3 Å². The van der Waals surface area contributed by atoms with Crippen LogP contribution in [0.5, 0.6) is 5.75 Å². The third-order valence-electron chi connectivity index (χ3n) is 5.04. The first-order valence-corrected chi connectivity index (χ1v) is 11.6. The second-order valence-corrected chi connectivity index (χ2v) is 8.42. The number of aromatic nitrogens is 1. The van der Waals surface area contributed by atoms with Crippen molar-refractivity contribution in [2.24, 2.45) is 0 Å². The molecular formula is C26H23FN4O3S. The molecule has 1 heterocycles. The second kappa shape index (κ2) is 11.3. The highest BCUT2D eigenvalue weighted by Gasteiger charge is 2.22. The number of anilines is 3. The first-order chi connectivity index (χ1) is 17.0. The molecule has 0 saturated heterocycles. The molecule has 2 amide bonds. The Morgan fingerprint density at radius 3 is 2.46 bits per heavy atom. The molecule has 3 aromatic carbocycles. The second-order valence-electron chi connectivity index (χ2n) is 7.57. The van der Waals surface area contributed by atoms with Crippen LogP contribution in [0.4, 0.5) is 20.9 Å². The predicted octanol–water partition coefficient (Wildman–Crippen LogP) is 5.32. The van der Waals surface area contributed by atoms with Gasteiger partial charge in [0.25, 0.3) is 5.91 Å². The molecular weight excluding hydrogens is 467 g/mol. The number of hydrogen-bond donors (Lipinski definition) is 2. The largest absolute Gasteiger partial charge is 0.495 e. The summed E-state index contributed by atoms with van der Waals surface area (Å²) < 4.78 is 18.5. The predicted molar refractivity (Wildman–Crippen MR) is 135 cm³/mol. The van der Waals surface area contributed by atoms with Crippen LogP contribution in [0.1, 0.15) is 16.1 Å². The summed E-state index contributed by atoms with van der Waals surface area (Å²) in [6, 6.07) is 22.2. The molecule has 7 nitrogen and oxygen atoms in total. The fourth-order valence-corrected chi connectivity index (χ4v) is 4.06. The van der Waals surface area contributed by atoms with E-state index in [1.807, 2.05) is 54.6 Å². The molecule has 0 radical (unpaired) electrons. The quantitative estimate of drug-likeness (QED) is 0.332. The molecule has 2 N–H and O–H groups in total. The first kappa shape index (κ1) is 23.9. The average molecular weight is 491 g/mol. The molecule has 0 bridgehead atoms. The Hall–Kier alpha value is -4.24. The van der Waals surface area contributed by atoms with E-state index in [4.69, 9.17) is 4.74 Å². The van der Waals surface area contributed by atoms with Gasteiger partial charge in [0.15, 0.2) is 5.13 Å². The molecule has 0 aliphatic carbocycles. The number of thiazole rings is 1. The molecule has 0 saturated carbocycles. The van der Waals surface area contributed by atoms with Gasteiger partial charge in [-0.05, 0) is 42.0 Å². The minimum absolute atomic E-state index is 0.197. The number of halogens is 1. The molecule has 0 fully saturated rings. The summed E-state index contributed by atoms with van der Waals surface area (Å²) in [4.78, 5) is 31.9. The normalized spacial score (nSPS) is 10.5. The van der Waals surface area contributed by atoms with E-state index in [1.54, 1.807) is 12.5 Å². The van der Waals surface area contributed by atoms with Crippen molar-refractivity contribution >= 4 is 39.7 Å². The van der Waals surface area contributed by atoms with Crippen LogP contribution >= 0.6 is 11.3 Å². The fraction of sp³-hybridized carbons (Fsp3) is 0.115. The van der Waals surface area contributed by atoms with Gasteiger partial charge in [-0.2, -0.15) is 0 Å². The molecule has 4 aromatic rings. The van der Waals surface area contributed by atoms with Crippen LogP contribution in [0.25, 0.3) is 0 Å². The summed E-state index contributed by atoms with van der Waals surface area (Å²) in [5.41, 5.74) is 2.26. The molecule has 0 atom stereocenters. The van der Waals surface area contributed by atoms with Gasteiger partial charge in [-0.1, -0.05) is 42.5 Å². The molecule has 35 heavy (non-hydrogen) atoms.